The molecule has 0 unspecified atom stereocenters. The molecule has 126 valence electrons. The standard InChI is InChI=1S/C18H21N3O3/c1-12-20-16(21-24-12)10-23-15-4-2-3-13(9-15)17(22)19-11-18(7-8-18)14-5-6-14/h2-4,9,14H,5-8,10-11H2,1H3,(H,19,22). The number of ether oxygens (including phenoxy) is 1. The van der Waals surface area contributed by atoms with E-state index < -0.39 is 0 Å². The van der Waals surface area contributed by atoms with Crippen LogP contribution in [0.1, 0.15) is 47.8 Å². The average Bonchev–Trinajstić information content (AvgIpc) is 3.50. The first kappa shape index (κ1) is 15.2. The van der Waals surface area contributed by atoms with Gasteiger partial charge in [0.1, 0.15) is 5.75 Å². The van der Waals surface area contributed by atoms with Gasteiger partial charge in [0.05, 0.1) is 0 Å². The Bertz CT molecular complexity index is 747. The molecular weight excluding hydrogens is 306 g/mol. The van der Waals surface area contributed by atoms with Gasteiger partial charge in [-0.05, 0) is 55.2 Å². The van der Waals surface area contributed by atoms with Crippen molar-refractivity contribution in [2.75, 3.05) is 6.54 Å². The fourth-order valence-corrected chi connectivity index (χ4v) is 3.22. The van der Waals surface area contributed by atoms with E-state index in [0.29, 0.717) is 28.4 Å². The zero-order chi connectivity index (χ0) is 16.6. The molecule has 6 nitrogen and oxygen atoms in total. The number of nitrogens with one attached hydrogen (secondary N) is 1. The summed E-state index contributed by atoms with van der Waals surface area (Å²) in [6.45, 7) is 2.74. The van der Waals surface area contributed by atoms with Crippen LogP contribution >= 0.6 is 0 Å². The molecular formula is C18H21N3O3. The molecule has 0 saturated heterocycles. The molecule has 0 bridgehead atoms. The number of carbonyl (C=O) groups excluding carboxylic acids is 1. The molecule has 1 heterocycles. The lowest BCUT2D eigenvalue weighted by Crippen LogP contribution is -2.31. The maximum atomic E-state index is 12.4. The van der Waals surface area contributed by atoms with Crippen molar-refractivity contribution in [1.82, 2.24) is 15.5 Å². The largest absolute Gasteiger partial charge is 0.485 e. The first-order valence-corrected chi connectivity index (χ1v) is 8.45. The second-order valence-electron chi connectivity index (χ2n) is 6.87. The lowest BCUT2D eigenvalue weighted by atomic mass is 10.0. The number of nitrogens with zero attached hydrogens (tertiary/aromatic N) is 2. The fourth-order valence-electron chi connectivity index (χ4n) is 3.22. The van der Waals surface area contributed by atoms with Crippen LogP contribution < -0.4 is 10.1 Å². The quantitative estimate of drug-likeness (QED) is 0.846. The van der Waals surface area contributed by atoms with Crippen LogP contribution in [0, 0.1) is 18.3 Å². The van der Waals surface area contributed by atoms with E-state index in [1.165, 1.54) is 25.7 Å². The summed E-state index contributed by atoms with van der Waals surface area (Å²) >= 11 is 0. The van der Waals surface area contributed by atoms with Crippen molar-refractivity contribution in [3.8, 4) is 5.75 Å². The van der Waals surface area contributed by atoms with Gasteiger partial charge in [-0.15, -0.1) is 0 Å². The van der Waals surface area contributed by atoms with Gasteiger partial charge in [-0.25, -0.2) is 0 Å². The van der Waals surface area contributed by atoms with Gasteiger partial charge in [-0.1, -0.05) is 11.2 Å². The van der Waals surface area contributed by atoms with Gasteiger partial charge in [0.25, 0.3) is 5.91 Å². The van der Waals surface area contributed by atoms with Gasteiger partial charge in [-0.3, -0.25) is 4.79 Å². The number of amides is 1. The highest BCUT2D eigenvalue weighted by Crippen LogP contribution is 2.60. The Balaban J connectivity index is 1.34. The summed E-state index contributed by atoms with van der Waals surface area (Å²) in [5.41, 5.74) is 1.02. The lowest BCUT2D eigenvalue weighted by molar-refractivity contribution is 0.0942. The zero-order valence-corrected chi connectivity index (χ0v) is 13.7. The third-order valence-corrected chi connectivity index (χ3v) is 4.97. The zero-order valence-electron chi connectivity index (χ0n) is 13.7. The first-order chi connectivity index (χ1) is 11.6. The molecule has 1 aromatic heterocycles. The number of aryl methyl sites for hydroxylation is 1. The highest BCUT2D eigenvalue weighted by molar-refractivity contribution is 5.94. The summed E-state index contributed by atoms with van der Waals surface area (Å²) < 4.78 is 10.5. The van der Waals surface area contributed by atoms with Crippen LogP contribution in [-0.2, 0) is 6.61 Å². The molecule has 1 N–H and O–H groups in total. The van der Waals surface area contributed by atoms with Crippen molar-refractivity contribution < 1.29 is 14.1 Å². The first-order valence-electron chi connectivity index (χ1n) is 8.45. The molecule has 2 fully saturated rings. The maximum absolute atomic E-state index is 12.4. The van der Waals surface area contributed by atoms with Gasteiger partial charge in [0.2, 0.25) is 11.7 Å². The molecule has 2 aliphatic carbocycles. The summed E-state index contributed by atoms with van der Waals surface area (Å²) in [4.78, 5) is 16.5. The number of hydrogen-bond acceptors (Lipinski definition) is 5. The number of aromatic nitrogens is 2. The van der Waals surface area contributed by atoms with E-state index in [1.807, 2.05) is 12.1 Å². The van der Waals surface area contributed by atoms with Crippen LogP contribution in [0.2, 0.25) is 0 Å². The molecule has 0 atom stereocenters. The Morgan fingerprint density at radius 3 is 2.92 bits per heavy atom. The molecule has 6 heteroatoms. The molecule has 2 aliphatic rings. The van der Waals surface area contributed by atoms with Crippen LogP contribution in [-0.4, -0.2) is 22.6 Å². The monoisotopic (exact) mass is 327 g/mol. The van der Waals surface area contributed by atoms with E-state index in [1.54, 1.807) is 19.1 Å². The van der Waals surface area contributed by atoms with E-state index in [4.69, 9.17) is 9.26 Å². The molecule has 24 heavy (non-hydrogen) atoms. The maximum Gasteiger partial charge on any atom is 0.251 e. The summed E-state index contributed by atoms with van der Waals surface area (Å²) in [6.07, 6.45) is 5.17. The molecule has 0 spiro atoms. The molecule has 0 radical (unpaired) electrons. The predicted molar refractivity (Wildman–Crippen MR) is 86.5 cm³/mol. The van der Waals surface area contributed by atoms with Gasteiger partial charge in [0, 0.05) is 19.0 Å². The summed E-state index contributed by atoms with van der Waals surface area (Å²) in [6, 6.07) is 7.19. The molecule has 1 amide bonds. The minimum atomic E-state index is -0.0391. The van der Waals surface area contributed by atoms with Gasteiger partial charge in [-0.2, -0.15) is 4.98 Å². The highest BCUT2D eigenvalue weighted by atomic mass is 16.5. The van der Waals surface area contributed by atoms with Crippen LogP contribution in [0.4, 0.5) is 0 Å². The Hall–Kier alpha value is -2.37. The summed E-state index contributed by atoms with van der Waals surface area (Å²) in [7, 11) is 0. The van der Waals surface area contributed by atoms with Crippen molar-refractivity contribution in [3.05, 3.63) is 41.5 Å². The fraction of sp³-hybridized carbons (Fsp3) is 0.500. The van der Waals surface area contributed by atoms with Gasteiger partial charge >= 0.3 is 0 Å². The molecule has 4 rings (SSSR count). The molecule has 0 aliphatic heterocycles. The summed E-state index contributed by atoms with van der Waals surface area (Å²) in [5.74, 6) is 2.41. The Labute approximate surface area is 140 Å². The highest BCUT2D eigenvalue weighted by Gasteiger charge is 2.53. The molecule has 2 saturated carbocycles. The smallest absolute Gasteiger partial charge is 0.251 e. The number of benzene rings is 1. The van der Waals surface area contributed by atoms with E-state index >= 15 is 0 Å². The van der Waals surface area contributed by atoms with Crippen molar-refractivity contribution >= 4 is 5.91 Å². The topological polar surface area (TPSA) is 77.2 Å². The number of hydrogen-bond donors (Lipinski definition) is 1. The van der Waals surface area contributed by atoms with Crippen molar-refractivity contribution in [1.29, 1.82) is 0 Å². The van der Waals surface area contributed by atoms with Gasteiger partial charge in [0.15, 0.2) is 6.61 Å². The predicted octanol–water partition coefficient (Wildman–Crippen LogP) is 2.88. The molecule has 2 aromatic rings. The SMILES string of the molecule is Cc1nc(COc2cccc(C(=O)NCC3(C4CC4)CC3)c2)no1. The summed E-state index contributed by atoms with van der Waals surface area (Å²) in [5, 5.41) is 6.88. The minimum absolute atomic E-state index is 0.0391. The second kappa shape index (κ2) is 5.92. The van der Waals surface area contributed by atoms with Crippen LogP contribution in [0.25, 0.3) is 0 Å². The van der Waals surface area contributed by atoms with Crippen molar-refractivity contribution in [3.63, 3.8) is 0 Å². The van der Waals surface area contributed by atoms with E-state index in [-0.39, 0.29) is 12.5 Å². The number of rotatable bonds is 7. The van der Waals surface area contributed by atoms with E-state index in [2.05, 4.69) is 15.5 Å². The van der Waals surface area contributed by atoms with E-state index in [0.717, 1.165) is 12.5 Å². The van der Waals surface area contributed by atoms with Crippen LogP contribution in [0.3, 0.4) is 0 Å². The molecule has 1 aromatic carbocycles. The van der Waals surface area contributed by atoms with Crippen LogP contribution in [0.5, 0.6) is 5.75 Å². The Kier molecular flexibility index (Phi) is 3.75. The van der Waals surface area contributed by atoms with Crippen LogP contribution in [0.15, 0.2) is 28.8 Å². The minimum Gasteiger partial charge on any atom is -0.485 e. The normalized spacial score (nSPS) is 18.2. The van der Waals surface area contributed by atoms with Crippen molar-refractivity contribution in [2.45, 2.75) is 39.2 Å². The lowest BCUT2D eigenvalue weighted by Gasteiger charge is -2.15. The van der Waals surface area contributed by atoms with E-state index in [9.17, 15) is 4.79 Å². The number of carbonyl (C=O) groups is 1. The Morgan fingerprint density at radius 2 is 2.25 bits per heavy atom. The van der Waals surface area contributed by atoms with Gasteiger partial charge < -0.3 is 14.6 Å². The Morgan fingerprint density at radius 1 is 1.42 bits per heavy atom. The third-order valence-electron chi connectivity index (χ3n) is 4.97. The third kappa shape index (κ3) is 3.27. The average molecular weight is 327 g/mol. The van der Waals surface area contributed by atoms with Crippen molar-refractivity contribution in [2.24, 2.45) is 11.3 Å². The second-order valence-corrected chi connectivity index (χ2v) is 6.87.